The van der Waals surface area contributed by atoms with E-state index in [0.29, 0.717) is 17.2 Å². The molecule has 1 aliphatic heterocycles. The number of aromatic nitrogens is 2. The number of carbonyl (C=O) groups excluding carboxylic acids is 1. The first-order chi connectivity index (χ1) is 10.4. The maximum atomic E-state index is 12.4. The molecule has 0 unspecified atom stereocenters. The quantitative estimate of drug-likeness (QED) is 0.944. The number of hydrogen-bond acceptors (Lipinski definition) is 4. The number of ether oxygens (including phenoxy) is 2. The van der Waals surface area contributed by atoms with Gasteiger partial charge in [-0.3, -0.25) is 9.48 Å². The molecule has 0 spiro atoms. The van der Waals surface area contributed by atoms with Crippen LogP contribution < -0.4 is 14.8 Å². The third-order valence-electron chi connectivity index (χ3n) is 2.89. The van der Waals surface area contributed by atoms with Crippen LogP contribution in [0.15, 0.2) is 30.5 Å². The molecular formula is C13H10F3N3O3. The summed E-state index contributed by atoms with van der Waals surface area (Å²) >= 11 is 0. The van der Waals surface area contributed by atoms with Crippen LogP contribution in [0.5, 0.6) is 11.5 Å². The highest BCUT2D eigenvalue weighted by Gasteiger charge is 2.33. The molecule has 116 valence electrons. The number of hydrogen-bond donors (Lipinski definition) is 1. The van der Waals surface area contributed by atoms with Gasteiger partial charge in [0.05, 0.1) is 0 Å². The second-order valence-electron chi connectivity index (χ2n) is 4.51. The third-order valence-corrected chi connectivity index (χ3v) is 2.89. The molecule has 0 atom stereocenters. The van der Waals surface area contributed by atoms with Crippen LogP contribution in [0.4, 0.5) is 18.9 Å². The first-order valence-corrected chi connectivity index (χ1v) is 6.22. The number of halogens is 3. The van der Waals surface area contributed by atoms with Gasteiger partial charge < -0.3 is 14.8 Å². The zero-order valence-electron chi connectivity index (χ0n) is 11.1. The van der Waals surface area contributed by atoms with Crippen molar-refractivity contribution in [3.8, 4) is 11.5 Å². The molecule has 1 aromatic heterocycles. The van der Waals surface area contributed by atoms with Gasteiger partial charge in [0.2, 0.25) is 12.7 Å². The molecule has 1 N–H and O–H groups in total. The summed E-state index contributed by atoms with van der Waals surface area (Å²) in [5, 5.41) is 5.86. The van der Waals surface area contributed by atoms with Crippen LogP contribution in [0.25, 0.3) is 0 Å². The number of carbonyl (C=O) groups is 1. The summed E-state index contributed by atoms with van der Waals surface area (Å²) in [5.41, 5.74) is -0.583. The number of benzene rings is 1. The highest BCUT2D eigenvalue weighted by molar-refractivity contribution is 5.90. The molecule has 2 aromatic rings. The van der Waals surface area contributed by atoms with E-state index in [0.717, 1.165) is 16.9 Å². The van der Waals surface area contributed by atoms with Crippen LogP contribution in [0.2, 0.25) is 0 Å². The number of alkyl halides is 3. The minimum atomic E-state index is -4.53. The Morgan fingerprint density at radius 2 is 2.05 bits per heavy atom. The van der Waals surface area contributed by atoms with E-state index in [1.54, 1.807) is 18.2 Å². The van der Waals surface area contributed by atoms with Gasteiger partial charge in [-0.05, 0) is 18.2 Å². The second kappa shape index (κ2) is 5.24. The SMILES string of the molecule is O=C(Cn1ccc(C(F)(F)F)n1)Nc1ccc2c(c1)OCO2. The first kappa shape index (κ1) is 14.2. The fraction of sp³-hybridized carbons (Fsp3) is 0.231. The van der Waals surface area contributed by atoms with Crippen LogP contribution in [0.1, 0.15) is 5.69 Å². The van der Waals surface area contributed by atoms with Crippen LogP contribution in [0, 0.1) is 0 Å². The standard InChI is InChI=1S/C13H10F3N3O3/c14-13(15,16)11-3-4-19(18-11)6-12(20)17-8-1-2-9-10(5-8)22-7-21-9/h1-5H,6-7H2,(H,17,20). The molecule has 0 saturated heterocycles. The van der Waals surface area contributed by atoms with Crippen LogP contribution in [-0.2, 0) is 17.5 Å². The molecule has 6 nitrogen and oxygen atoms in total. The van der Waals surface area contributed by atoms with E-state index in [-0.39, 0.29) is 13.3 Å². The Morgan fingerprint density at radius 3 is 2.77 bits per heavy atom. The van der Waals surface area contributed by atoms with Crippen LogP contribution in [0.3, 0.4) is 0 Å². The number of amides is 1. The molecule has 0 aliphatic carbocycles. The van der Waals surface area contributed by atoms with Crippen molar-refractivity contribution in [3.63, 3.8) is 0 Å². The first-order valence-electron chi connectivity index (χ1n) is 6.22. The van der Waals surface area contributed by atoms with Gasteiger partial charge in [0.1, 0.15) is 6.54 Å². The molecule has 1 amide bonds. The topological polar surface area (TPSA) is 65.4 Å². The van der Waals surface area contributed by atoms with Gasteiger partial charge in [0, 0.05) is 18.0 Å². The second-order valence-corrected chi connectivity index (χ2v) is 4.51. The number of anilines is 1. The Balaban J connectivity index is 1.64. The van der Waals surface area contributed by atoms with Crippen molar-refractivity contribution < 1.29 is 27.4 Å². The van der Waals surface area contributed by atoms with E-state index in [9.17, 15) is 18.0 Å². The van der Waals surface area contributed by atoms with Crippen LogP contribution >= 0.6 is 0 Å². The number of nitrogens with one attached hydrogen (secondary N) is 1. The summed E-state index contributed by atoms with van der Waals surface area (Å²) in [6, 6.07) is 5.63. The molecule has 1 aromatic carbocycles. The molecule has 0 radical (unpaired) electrons. The molecule has 1 aliphatic rings. The van der Waals surface area contributed by atoms with E-state index in [2.05, 4.69) is 10.4 Å². The third kappa shape index (κ3) is 2.97. The smallest absolute Gasteiger partial charge is 0.435 e. The van der Waals surface area contributed by atoms with Gasteiger partial charge in [0.15, 0.2) is 17.2 Å². The molecule has 0 saturated carbocycles. The predicted octanol–water partition coefficient (Wildman–Crippen LogP) is 2.27. The number of nitrogens with zero attached hydrogens (tertiary/aromatic N) is 2. The Hall–Kier alpha value is -2.71. The predicted molar refractivity (Wildman–Crippen MR) is 68.4 cm³/mol. The minimum absolute atomic E-state index is 0.111. The Morgan fingerprint density at radius 1 is 1.27 bits per heavy atom. The Kier molecular flexibility index (Phi) is 3.39. The van der Waals surface area contributed by atoms with E-state index < -0.39 is 17.8 Å². The molecular weight excluding hydrogens is 303 g/mol. The number of rotatable bonds is 3. The van der Waals surface area contributed by atoms with Crippen molar-refractivity contribution >= 4 is 11.6 Å². The van der Waals surface area contributed by atoms with E-state index >= 15 is 0 Å². The van der Waals surface area contributed by atoms with E-state index in [4.69, 9.17) is 9.47 Å². The lowest BCUT2D eigenvalue weighted by atomic mass is 10.3. The lowest BCUT2D eigenvalue weighted by molar-refractivity contribution is -0.141. The van der Waals surface area contributed by atoms with Crippen LogP contribution in [-0.4, -0.2) is 22.5 Å². The highest BCUT2D eigenvalue weighted by Crippen LogP contribution is 2.34. The summed E-state index contributed by atoms with van der Waals surface area (Å²) in [6.45, 7) is -0.217. The van der Waals surface area contributed by atoms with E-state index in [1.807, 2.05) is 0 Å². The van der Waals surface area contributed by atoms with Gasteiger partial charge in [0.25, 0.3) is 0 Å². The Bertz CT molecular complexity index is 712. The van der Waals surface area contributed by atoms with E-state index in [1.165, 1.54) is 0 Å². The lowest BCUT2D eigenvalue weighted by Crippen LogP contribution is -2.19. The number of fused-ring (bicyclic) bond motifs is 1. The fourth-order valence-electron chi connectivity index (χ4n) is 1.92. The molecule has 22 heavy (non-hydrogen) atoms. The van der Waals surface area contributed by atoms with Crippen molar-refractivity contribution in [3.05, 3.63) is 36.2 Å². The minimum Gasteiger partial charge on any atom is -0.454 e. The van der Waals surface area contributed by atoms with Crippen molar-refractivity contribution in [2.45, 2.75) is 12.7 Å². The largest absolute Gasteiger partial charge is 0.454 e. The van der Waals surface area contributed by atoms with Crippen molar-refractivity contribution in [1.29, 1.82) is 0 Å². The molecule has 9 heteroatoms. The molecule has 3 rings (SSSR count). The molecule has 0 bridgehead atoms. The monoisotopic (exact) mass is 313 g/mol. The van der Waals surface area contributed by atoms with Crippen molar-refractivity contribution in [2.24, 2.45) is 0 Å². The van der Waals surface area contributed by atoms with Gasteiger partial charge >= 0.3 is 6.18 Å². The maximum absolute atomic E-state index is 12.4. The van der Waals surface area contributed by atoms with Gasteiger partial charge in [-0.1, -0.05) is 0 Å². The highest BCUT2D eigenvalue weighted by atomic mass is 19.4. The van der Waals surface area contributed by atoms with Gasteiger partial charge in [-0.2, -0.15) is 18.3 Å². The summed E-state index contributed by atoms with van der Waals surface area (Å²) in [5.74, 6) is 0.562. The normalized spacial score (nSPS) is 13.2. The molecule has 2 heterocycles. The summed E-state index contributed by atoms with van der Waals surface area (Å²) in [4.78, 5) is 11.8. The maximum Gasteiger partial charge on any atom is 0.435 e. The zero-order valence-corrected chi connectivity index (χ0v) is 11.1. The van der Waals surface area contributed by atoms with Crippen molar-refractivity contribution in [1.82, 2.24) is 9.78 Å². The summed E-state index contributed by atoms with van der Waals surface area (Å²) in [7, 11) is 0. The van der Waals surface area contributed by atoms with Crippen molar-refractivity contribution in [2.75, 3.05) is 12.1 Å². The van der Waals surface area contributed by atoms with Gasteiger partial charge in [-0.15, -0.1) is 0 Å². The van der Waals surface area contributed by atoms with Gasteiger partial charge in [-0.25, -0.2) is 0 Å². The Labute approximate surface area is 122 Å². The lowest BCUT2D eigenvalue weighted by Gasteiger charge is -2.06. The average Bonchev–Trinajstić information content (AvgIpc) is 3.05. The summed E-state index contributed by atoms with van der Waals surface area (Å²) < 4.78 is 48.5. The average molecular weight is 313 g/mol. The summed E-state index contributed by atoms with van der Waals surface area (Å²) in [6.07, 6.45) is -3.43. The zero-order chi connectivity index (χ0) is 15.7. The molecule has 0 fully saturated rings. The fourth-order valence-corrected chi connectivity index (χ4v) is 1.92.